The van der Waals surface area contributed by atoms with E-state index < -0.39 is 21.7 Å². The molecule has 26 heavy (non-hydrogen) atoms. The zero-order chi connectivity index (χ0) is 19.3. The van der Waals surface area contributed by atoms with Crippen molar-refractivity contribution in [2.75, 3.05) is 13.1 Å². The average Bonchev–Trinajstić information content (AvgIpc) is 2.60. The first-order chi connectivity index (χ1) is 12.3. The van der Waals surface area contributed by atoms with Crippen molar-refractivity contribution in [3.8, 4) is 0 Å². The van der Waals surface area contributed by atoms with Crippen molar-refractivity contribution in [2.45, 2.75) is 25.3 Å². The standard InChI is InChI=1S/C18H20ClFN2O3S/c1-3-22(4-2)26(24,25)15-8-9-17(20)16(11-15)18(23)21-12-13-6-5-7-14(19)10-13/h5-11H,3-4,12H2,1-2H3,(H,21,23). The molecule has 0 saturated heterocycles. The lowest BCUT2D eigenvalue weighted by molar-refractivity contribution is 0.0946. The number of hydrogen-bond donors (Lipinski definition) is 1. The fourth-order valence-electron chi connectivity index (χ4n) is 2.48. The SMILES string of the molecule is CCN(CC)S(=O)(=O)c1ccc(F)c(C(=O)NCc2cccc(Cl)c2)c1. The van der Waals surface area contributed by atoms with Crippen molar-refractivity contribution in [3.05, 3.63) is 64.4 Å². The van der Waals surface area contributed by atoms with Gasteiger partial charge in [0.1, 0.15) is 5.82 Å². The highest BCUT2D eigenvalue weighted by Crippen LogP contribution is 2.19. The fraction of sp³-hybridized carbons (Fsp3) is 0.278. The highest BCUT2D eigenvalue weighted by atomic mass is 35.5. The molecule has 0 aliphatic carbocycles. The van der Waals surface area contributed by atoms with Crippen molar-refractivity contribution >= 4 is 27.5 Å². The largest absolute Gasteiger partial charge is 0.348 e. The van der Waals surface area contributed by atoms with Crippen molar-refractivity contribution in [1.82, 2.24) is 9.62 Å². The number of hydrogen-bond acceptors (Lipinski definition) is 3. The summed E-state index contributed by atoms with van der Waals surface area (Å²) in [6.45, 7) is 4.14. The fourth-order valence-corrected chi connectivity index (χ4v) is 4.17. The zero-order valence-electron chi connectivity index (χ0n) is 14.5. The van der Waals surface area contributed by atoms with Crippen LogP contribution in [-0.2, 0) is 16.6 Å². The van der Waals surface area contributed by atoms with E-state index in [1.165, 1.54) is 4.31 Å². The first-order valence-electron chi connectivity index (χ1n) is 8.12. The molecule has 8 heteroatoms. The lowest BCUT2D eigenvalue weighted by Gasteiger charge is -2.19. The summed E-state index contributed by atoms with van der Waals surface area (Å²) in [7, 11) is -3.78. The van der Waals surface area contributed by atoms with Crippen LogP contribution in [0.25, 0.3) is 0 Å². The molecule has 0 bridgehead atoms. The Morgan fingerprint density at radius 1 is 1.15 bits per heavy atom. The number of carbonyl (C=O) groups is 1. The number of sulfonamides is 1. The molecule has 1 N–H and O–H groups in total. The van der Waals surface area contributed by atoms with Gasteiger partial charge in [0.05, 0.1) is 10.5 Å². The van der Waals surface area contributed by atoms with Crippen molar-refractivity contribution in [3.63, 3.8) is 0 Å². The lowest BCUT2D eigenvalue weighted by Crippen LogP contribution is -2.31. The molecule has 0 heterocycles. The van der Waals surface area contributed by atoms with Gasteiger partial charge in [-0.25, -0.2) is 12.8 Å². The van der Waals surface area contributed by atoms with Crippen LogP contribution in [0.4, 0.5) is 4.39 Å². The number of halogens is 2. The maximum Gasteiger partial charge on any atom is 0.254 e. The van der Waals surface area contributed by atoms with Crippen LogP contribution in [0.15, 0.2) is 47.4 Å². The van der Waals surface area contributed by atoms with Gasteiger partial charge in [-0.2, -0.15) is 4.31 Å². The summed E-state index contributed by atoms with van der Waals surface area (Å²) >= 11 is 5.89. The highest BCUT2D eigenvalue weighted by molar-refractivity contribution is 7.89. The Morgan fingerprint density at radius 2 is 1.85 bits per heavy atom. The van der Waals surface area contributed by atoms with Gasteiger partial charge in [-0.05, 0) is 35.9 Å². The minimum Gasteiger partial charge on any atom is -0.348 e. The molecule has 0 aromatic heterocycles. The van der Waals surface area contributed by atoms with Gasteiger partial charge >= 0.3 is 0 Å². The first kappa shape index (κ1) is 20.4. The molecule has 0 aliphatic rings. The van der Waals surface area contributed by atoms with Gasteiger partial charge in [0, 0.05) is 24.7 Å². The summed E-state index contributed by atoms with van der Waals surface area (Å²) in [5.41, 5.74) is 0.429. The van der Waals surface area contributed by atoms with E-state index >= 15 is 0 Å². The van der Waals surface area contributed by atoms with E-state index in [9.17, 15) is 17.6 Å². The average molecular weight is 399 g/mol. The highest BCUT2D eigenvalue weighted by Gasteiger charge is 2.24. The second-order valence-electron chi connectivity index (χ2n) is 5.54. The minimum atomic E-state index is -3.78. The van der Waals surface area contributed by atoms with Gasteiger partial charge in [0.2, 0.25) is 10.0 Å². The Morgan fingerprint density at radius 3 is 2.46 bits per heavy atom. The molecule has 140 valence electrons. The summed E-state index contributed by atoms with van der Waals surface area (Å²) < 4.78 is 40.4. The summed E-state index contributed by atoms with van der Waals surface area (Å²) in [6, 6.07) is 10.1. The third-order valence-corrected chi connectivity index (χ3v) is 6.15. The summed E-state index contributed by atoms with van der Waals surface area (Å²) in [4.78, 5) is 12.2. The Labute approximate surface area is 157 Å². The van der Waals surface area contributed by atoms with Crippen LogP contribution in [0, 0.1) is 5.82 Å². The minimum absolute atomic E-state index is 0.115. The number of rotatable bonds is 7. The lowest BCUT2D eigenvalue weighted by atomic mass is 10.2. The van der Waals surface area contributed by atoms with Gasteiger partial charge < -0.3 is 5.32 Å². The molecule has 1 amide bonds. The van der Waals surface area contributed by atoms with E-state index in [1.54, 1.807) is 38.1 Å². The number of nitrogens with one attached hydrogen (secondary N) is 1. The maximum absolute atomic E-state index is 14.1. The monoisotopic (exact) mass is 398 g/mol. The predicted octanol–water partition coefficient (Wildman–Crippen LogP) is 3.44. The van der Waals surface area contributed by atoms with Crippen LogP contribution < -0.4 is 5.32 Å². The van der Waals surface area contributed by atoms with E-state index in [-0.39, 0.29) is 30.1 Å². The summed E-state index contributed by atoms with van der Waals surface area (Å²) in [5.74, 6) is -1.48. The van der Waals surface area contributed by atoms with Gasteiger partial charge in [-0.3, -0.25) is 4.79 Å². The van der Waals surface area contributed by atoms with Crippen LogP contribution in [-0.4, -0.2) is 31.7 Å². The van der Waals surface area contributed by atoms with Crippen LogP contribution in [0.1, 0.15) is 29.8 Å². The quantitative estimate of drug-likeness (QED) is 0.776. The van der Waals surface area contributed by atoms with E-state index in [1.807, 2.05) is 0 Å². The van der Waals surface area contributed by atoms with Crippen molar-refractivity contribution in [1.29, 1.82) is 0 Å². The van der Waals surface area contributed by atoms with Crippen LogP contribution >= 0.6 is 11.6 Å². The molecule has 0 atom stereocenters. The van der Waals surface area contributed by atoms with Crippen molar-refractivity contribution < 1.29 is 17.6 Å². The van der Waals surface area contributed by atoms with Gasteiger partial charge in [0.15, 0.2) is 0 Å². The smallest absolute Gasteiger partial charge is 0.254 e. The molecule has 0 saturated carbocycles. The first-order valence-corrected chi connectivity index (χ1v) is 9.93. The van der Waals surface area contributed by atoms with Crippen molar-refractivity contribution in [2.24, 2.45) is 0 Å². The topological polar surface area (TPSA) is 66.5 Å². The number of nitrogens with zero attached hydrogens (tertiary/aromatic N) is 1. The molecule has 2 aromatic rings. The van der Waals surface area contributed by atoms with E-state index in [0.717, 1.165) is 23.8 Å². The zero-order valence-corrected chi connectivity index (χ0v) is 16.1. The maximum atomic E-state index is 14.1. The summed E-state index contributed by atoms with van der Waals surface area (Å²) in [5, 5.41) is 3.10. The number of carbonyl (C=O) groups excluding carboxylic acids is 1. The van der Waals surface area contributed by atoms with Gasteiger partial charge in [-0.1, -0.05) is 37.6 Å². The van der Waals surface area contributed by atoms with Crippen LogP contribution in [0.5, 0.6) is 0 Å². The summed E-state index contributed by atoms with van der Waals surface area (Å²) in [6.07, 6.45) is 0. The molecular weight excluding hydrogens is 379 g/mol. The van der Waals surface area contributed by atoms with E-state index in [0.29, 0.717) is 5.02 Å². The molecule has 0 fully saturated rings. The Bertz CT molecular complexity index is 899. The van der Waals surface area contributed by atoms with Crippen LogP contribution in [0.2, 0.25) is 5.02 Å². The normalized spacial score (nSPS) is 11.6. The molecule has 2 aromatic carbocycles. The molecule has 0 radical (unpaired) electrons. The molecular formula is C18H20ClFN2O3S. The van der Waals surface area contributed by atoms with Crippen LogP contribution in [0.3, 0.4) is 0 Å². The second-order valence-corrected chi connectivity index (χ2v) is 7.92. The second kappa shape index (κ2) is 8.62. The molecule has 5 nitrogen and oxygen atoms in total. The van der Waals surface area contributed by atoms with E-state index in [4.69, 9.17) is 11.6 Å². The third kappa shape index (κ3) is 4.60. The van der Waals surface area contributed by atoms with Gasteiger partial charge in [-0.15, -0.1) is 0 Å². The molecule has 0 aliphatic heterocycles. The van der Waals surface area contributed by atoms with Gasteiger partial charge in [0.25, 0.3) is 5.91 Å². The Kier molecular flexibility index (Phi) is 6.75. The number of benzene rings is 2. The molecule has 2 rings (SSSR count). The van der Waals surface area contributed by atoms with E-state index in [2.05, 4.69) is 5.32 Å². The Balaban J connectivity index is 2.25. The molecule has 0 spiro atoms. The Hall–Kier alpha value is -1.96. The molecule has 0 unspecified atom stereocenters. The predicted molar refractivity (Wildman–Crippen MR) is 99.1 cm³/mol. The third-order valence-electron chi connectivity index (χ3n) is 3.87. The number of amides is 1.